The highest BCUT2D eigenvalue weighted by atomic mass is 19.1. The number of carbonyl (C=O) groups excluding carboxylic acids is 1. The number of benzene rings is 2. The summed E-state index contributed by atoms with van der Waals surface area (Å²) in [5.41, 5.74) is 1.92. The third-order valence-electron chi connectivity index (χ3n) is 3.14. The van der Waals surface area contributed by atoms with Crippen LogP contribution in [-0.4, -0.2) is 19.0 Å². The number of carbonyl (C=O) groups is 1. The van der Waals surface area contributed by atoms with E-state index in [0.29, 0.717) is 24.1 Å². The lowest BCUT2D eigenvalue weighted by atomic mass is 10.1. The fraction of sp³-hybridized carbons (Fsp3) is 0.176. The lowest BCUT2D eigenvalue weighted by Crippen LogP contribution is -2.31. The number of nitriles is 1. The van der Waals surface area contributed by atoms with Gasteiger partial charge in [-0.25, -0.2) is 4.39 Å². The van der Waals surface area contributed by atoms with Gasteiger partial charge in [0.2, 0.25) is 5.91 Å². The van der Waals surface area contributed by atoms with Gasteiger partial charge in [-0.2, -0.15) is 5.26 Å². The highest BCUT2D eigenvalue weighted by Gasteiger charge is 2.03. The fourth-order valence-electron chi connectivity index (χ4n) is 1.95. The van der Waals surface area contributed by atoms with Crippen LogP contribution in [0.2, 0.25) is 0 Å². The smallest absolute Gasteiger partial charge is 0.239 e. The Morgan fingerprint density at radius 2 is 1.86 bits per heavy atom. The Kier molecular flexibility index (Phi) is 5.50. The van der Waals surface area contributed by atoms with Gasteiger partial charge in [-0.05, 0) is 42.3 Å². The number of halogens is 1. The zero-order chi connectivity index (χ0) is 15.8. The van der Waals surface area contributed by atoms with Gasteiger partial charge in [0, 0.05) is 12.2 Å². The summed E-state index contributed by atoms with van der Waals surface area (Å²) in [6, 6.07) is 15.4. The first-order valence-corrected chi connectivity index (χ1v) is 6.93. The number of anilines is 1. The van der Waals surface area contributed by atoms with Gasteiger partial charge in [0.05, 0.1) is 18.2 Å². The molecule has 0 saturated heterocycles. The van der Waals surface area contributed by atoms with E-state index in [1.165, 1.54) is 6.07 Å². The minimum absolute atomic E-state index is 0.128. The van der Waals surface area contributed by atoms with Crippen LogP contribution in [0.25, 0.3) is 0 Å². The molecule has 0 heterocycles. The van der Waals surface area contributed by atoms with Gasteiger partial charge < -0.3 is 10.6 Å². The van der Waals surface area contributed by atoms with Crippen LogP contribution < -0.4 is 10.6 Å². The normalized spacial score (nSPS) is 9.82. The molecule has 1 amide bonds. The van der Waals surface area contributed by atoms with Gasteiger partial charge in [-0.15, -0.1) is 0 Å². The number of rotatable bonds is 6. The number of nitrogens with one attached hydrogen (secondary N) is 2. The molecule has 2 rings (SSSR count). The maximum Gasteiger partial charge on any atom is 0.239 e. The third-order valence-corrected chi connectivity index (χ3v) is 3.14. The molecule has 0 aliphatic rings. The zero-order valence-corrected chi connectivity index (χ0v) is 12.0. The molecule has 2 aromatic carbocycles. The van der Waals surface area contributed by atoms with E-state index >= 15 is 0 Å². The van der Waals surface area contributed by atoms with Crippen molar-refractivity contribution in [1.82, 2.24) is 5.32 Å². The molecule has 0 unspecified atom stereocenters. The van der Waals surface area contributed by atoms with Crippen molar-refractivity contribution in [2.24, 2.45) is 0 Å². The largest absolute Gasteiger partial charge is 0.376 e. The molecule has 22 heavy (non-hydrogen) atoms. The summed E-state index contributed by atoms with van der Waals surface area (Å²) in [7, 11) is 0. The monoisotopic (exact) mass is 297 g/mol. The van der Waals surface area contributed by atoms with Gasteiger partial charge in [0.1, 0.15) is 5.82 Å². The van der Waals surface area contributed by atoms with Gasteiger partial charge >= 0.3 is 0 Å². The van der Waals surface area contributed by atoms with Crippen molar-refractivity contribution in [3.63, 3.8) is 0 Å². The summed E-state index contributed by atoms with van der Waals surface area (Å²) in [4.78, 5) is 11.7. The summed E-state index contributed by atoms with van der Waals surface area (Å²) in [6.45, 7) is 0.512. The molecule has 4 nitrogen and oxygen atoms in total. The average Bonchev–Trinajstić information content (AvgIpc) is 2.55. The Morgan fingerprint density at radius 3 is 2.55 bits per heavy atom. The van der Waals surface area contributed by atoms with E-state index in [9.17, 15) is 9.18 Å². The molecule has 0 atom stereocenters. The second-order valence-corrected chi connectivity index (χ2v) is 4.73. The Bertz CT molecular complexity index is 677. The predicted molar refractivity (Wildman–Crippen MR) is 82.8 cm³/mol. The molecule has 2 N–H and O–H groups in total. The predicted octanol–water partition coefficient (Wildman–Crippen LogP) is 2.47. The Morgan fingerprint density at radius 1 is 1.14 bits per heavy atom. The van der Waals surface area contributed by atoms with Crippen molar-refractivity contribution in [3.8, 4) is 6.07 Å². The summed E-state index contributed by atoms with van der Waals surface area (Å²) in [5, 5.41) is 14.4. The van der Waals surface area contributed by atoms with E-state index in [2.05, 4.69) is 10.6 Å². The average molecular weight is 297 g/mol. The molecule has 0 bridgehead atoms. The van der Waals surface area contributed by atoms with Gasteiger partial charge in [-0.1, -0.05) is 18.2 Å². The van der Waals surface area contributed by atoms with Crippen molar-refractivity contribution in [3.05, 3.63) is 65.5 Å². The first-order chi connectivity index (χ1) is 10.7. The molecule has 2 aromatic rings. The summed E-state index contributed by atoms with van der Waals surface area (Å²) in [5.74, 6) is -0.423. The molecule has 5 heteroatoms. The maximum atomic E-state index is 13.4. The molecule has 0 aromatic heterocycles. The number of hydrogen-bond donors (Lipinski definition) is 2. The van der Waals surface area contributed by atoms with E-state index in [1.54, 1.807) is 42.5 Å². The van der Waals surface area contributed by atoms with Gasteiger partial charge in [-0.3, -0.25) is 4.79 Å². The molecule has 0 radical (unpaired) electrons. The van der Waals surface area contributed by atoms with E-state index in [1.807, 2.05) is 6.07 Å². The second-order valence-electron chi connectivity index (χ2n) is 4.73. The number of hydrogen-bond acceptors (Lipinski definition) is 3. The maximum absolute atomic E-state index is 13.4. The lowest BCUT2D eigenvalue weighted by molar-refractivity contribution is -0.119. The van der Waals surface area contributed by atoms with Crippen LogP contribution in [-0.2, 0) is 11.2 Å². The first-order valence-electron chi connectivity index (χ1n) is 6.93. The summed E-state index contributed by atoms with van der Waals surface area (Å²) < 4.78 is 13.4. The Balaban J connectivity index is 1.72. The molecule has 0 spiro atoms. The number of nitrogens with zero attached hydrogens (tertiary/aromatic N) is 1. The van der Waals surface area contributed by atoms with Crippen molar-refractivity contribution in [2.45, 2.75) is 6.42 Å². The van der Waals surface area contributed by atoms with Crippen LogP contribution in [0.5, 0.6) is 0 Å². The lowest BCUT2D eigenvalue weighted by Gasteiger charge is -2.08. The molecular weight excluding hydrogens is 281 g/mol. The second kappa shape index (κ2) is 7.79. The van der Waals surface area contributed by atoms with E-state index < -0.39 is 0 Å². The minimum Gasteiger partial charge on any atom is -0.376 e. The van der Waals surface area contributed by atoms with Crippen LogP contribution in [0.15, 0.2) is 48.5 Å². The fourth-order valence-corrected chi connectivity index (χ4v) is 1.95. The molecule has 0 saturated carbocycles. The third kappa shape index (κ3) is 4.60. The van der Waals surface area contributed by atoms with E-state index in [4.69, 9.17) is 5.26 Å². The van der Waals surface area contributed by atoms with Crippen molar-refractivity contribution in [1.29, 1.82) is 5.26 Å². The number of amides is 1. The quantitative estimate of drug-likeness (QED) is 0.861. The van der Waals surface area contributed by atoms with Crippen molar-refractivity contribution < 1.29 is 9.18 Å². The SMILES string of the molecule is N#Cc1ccc(NCC(=O)NCCc2ccccc2F)cc1. The molecular formula is C17H16FN3O. The highest BCUT2D eigenvalue weighted by molar-refractivity contribution is 5.80. The van der Waals surface area contributed by atoms with Gasteiger partial charge in [0.15, 0.2) is 0 Å². The molecule has 0 aliphatic carbocycles. The molecule has 0 aliphatic heterocycles. The zero-order valence-electron chi connectivity index (χ0n) is 12.0. The van der Waals surface area contributed by atoms with Crippen LogP contribution in [0, 0.1) is 17.1 Å². The van der Waals surface area contributed by atoms with Crippen LogP contribution in [0.3, 0.4) is 0 Å². The van der Waals surface area contributed by atoms with Crippen LogP contribution in [0.1, 0.15) is 11.1 Å². The van der Waals surface area contributed by atoms with E-state index in [-0.39, 0.29) is 18.3 Å². The topological polar surface area (TPSA) is 64.9 Å². The highest BCUT2D eigenvalue weighted by Crippen LogP contribution is 2.08. The van der Waals surface area contributed by atoms with Crippen LogP contribution >= 0.6 is 0 Å². The van der Waals surface area contributed by atoms with E-state index in [0.717, 1.165) is 5.69 Å². The van der Waals surface area contributed by atoms with Crippen molar-refractivity contribution in [2.75, 3.05) is 18.4 Å². The standard InChI is InChI=1S/C17H16FN3O/c18-16-4-2-1-3-14(16)9-10-20-17(22)12-21-15-7-5-13(11-19)6-8-15/h1-8,21H,9-10,12H2,(H,20,22). The van der Waals surface area contributed by atoms with Gasteiger partial charge in [0.25, 0.3) is 0 Å². The molecule has 0 fully saturated rings. The Labute approximate surface area is 128 Å². The van der Waals surface area contributed by atoms with Crippen LogP contribution in [0.4, 0.5) is 10.1 Å². The molecule has 112 valence electrons. The minimum atomic E-state index is -0.257. The summed E-state index contributed by atoms with van der Waals surface area (Å²) in [6.07, 6.45) is 0.454. The van der Waals surface area contributed by atoms with Crippen molar-refractivity contribution >= 4 is 11.6 Å². The Hall–Kier alpha value is -2.87. The first kappa shape index (κ1) is 15.5. The summed E-state index contributed by atoms with van der Waals surface area (Å²) >= 11 is 0.